The Hall–Kier alpha value is -0.870. The zero-order valence-electron chi connectivity index (χ0n) is 12.2. The standard InChI is InChI=1S/C15H25N3O/c1-15(2,3)17-8-11-6-7-19-14(11)13-9-16-10-18(13)12-4-5-12/h9-12,14,17H,4-8H2,1-3H3. The fourth-order valence-corrected chi connectivity index (χ4v) is 2.80. The summed E-state index contributed by atoms with van der Waals surface area (Å²) in [6, 6.07) is 0.679. The Bertz CT molecular complexity index is 431. The van der Waals surface area contributed by atoms with Crippen LogP contribution in [0.1, 0.15) is 57.9 Å². The molecule has 1 aromatic rings. The van der Waals surface area contributed by atoms with E-state index in [1.165, 1.54) is 18.5 Å². The van der Waals surface area contributed by atoms with Gasteiger partial charge in [0.1, 0.15) is 6.10 Å². The Morgan fingerprint density at radius 1 is 1.37 bits per heavy atom. The van der Waals surface area contributed by atoms with Crippen LogP contribution in [0, 0.1) is 5.92 Å². The van der Waals surface area contributed by atoms with Crippen LogP contribution in [0.2, 0.25) is 0 Å². The molecule has 2 aliphatic rings. The molecular formula is C15H25N3O. The van der Waals surface area contributed by atoms with Crippen molar-refractivity contribution in [1.29, 1.82) is 0 Å². The predicted molar refractivity (Wildman–Crippen MR) is 75.1 cm³/mol. The second kappa shape index (κ2) is 4.91. The molecule has 1 aromatic heterocycles. The van der Waals surface area contributed by atoms with Crippen molar-refractivity contribution in [3.05, 3.63) is 18.2 Å². The molecule has 2 unspecified atom stereocenters. The fourth-order valence-electron chi connectivity index (χ4n) is 2.80. The number of aromatic nitrogens is 2. The summed E-state index contributed by atoms with van der Waals surface area (Å²) in [6.07, 6.45) is 7.92. The molecule has 2 fully saturated rings. The molecule has 19 heavy (non-hydrogen) atoms. The third-order valence-electron chi connectivity index (χ3n) is 4.04. The van der Waals surface area contributed by atoms with Gasteiger partial charge in [-0.15, -0.1) is 0 Å². The van der Waals surface area contributed by atoms with Crippen molar-refractivity contribution >= 4 is 0 Å². The lowest BCUT2D eigenvalue weighted by Gasteiger charge is -2.26. The van der Waals surface area contributed by atoms with E-state index in [1.807, 2.05) is 12.5 Å². The van der Waals surface area contributed by atoms with Gasteiger partial charge in [0.25, 0.3) is 0 Å². The molecule has 2 heterocycles. The lowest BCUT2D eigenvalue weighted by atomic mass is 9.97. The molecule has 4 heteroatoms. The highest BCUT2D eigenvalue weighted by Crippen LogP contribution is 2.41. The summed E-state index contributed by atoms with van der Waals surface area (Å²) in [5, 5.41) is 3.61. The Kier molecular flexibility index (Phi) is 3.39. The van der Waals surface area contributed by atoms with Gasteiger partial charge in [-0.05, 0) is 40.0 Å². The number of imidazole rings is 1. The SMILES string of the molecule is CC(C)(C)NCC1CCOC1c1cncn1C1CC1. The van der Waals surface area contributed by atoms with Crippen LogP contribution in [-0.4, -0.2) is 28.2 Å². The van der Waals surface area contributed by atoms with E-state index in [0.29, 0.717) is 12.0 Å². The zero-order valence-corrected chi connectivity index (χ0v) is 12.2. The quantitative estimate of drug-likeness (QED) is 0.907. The van der Waals surface area contributed by atoms with Gasteiger partial charge >= 0.3 is 0 Å². The highest BCUT2D eigenvalue weighted by molar-refractivity contribution is 5.10. The minimum Gasteiger partial charge on any atom is -0.372 e. The third-order valence-corrected chi connectivity index (χ3v) is 4.04. The molecule has 0 radical (unpaired) electrons. The Morgan fingerprint density at radius 2 is 2.16 bits per heavy atom. The summed E-state index contributed by atoms with van der Waals surface area (Å²) in [4.78, 5) is 4.33. The predicted octanol–water partition coefficient (Wildman–Crippen LogP) is 2.68. The maximum atomic E-state index is 5.99. The molecule has 0 bridgehead atoms. The third kappa shape index (κ3) is 3.00. The minimum atomic E-state index is 0.171. The van der Waals surface area contributed by atoms with Crippen molar-refractivity contribution in [3.8, 4) is 0 Å². The number of ether oxygens (including phenoxy) is 1. The molecule has 0 aromatic carbocycles. The zero-order chi connectivity index (χ0) is 13.5. The van der Waals surface area contributed by atoms with Crippen molar-refractivity contribution < 1.29 is 4.74 Å². The van der Waals surface area contributed by atoms with Crippen LogP contribution in [0.15, 0.2) is 12.5 Å². The molecule has 1 aliphatic carbocycles. The second-order valence-corrected chi connectivity index (χ2v) is 6.93. The van der Waals surface area contributed by atoms with Gasteiger partial charge in [-0.3, -0.25) is 0 Å². The smallest absolute Gasteiger partial charge is 0.103 e. The van der Waals surface area contributed by atoms with E-state index in [2.05, 4.69) is 35.6 Å². The van der Waals surface area contributed by atoms with Crippen LogP contribution in [0.4, 0.5) is 0 Å². The number of hydrogen-bond acceptors (Lipinski definition) is 3. The molecule has 1 N–H and O–H groups in total. The average Bonchev–Trinajstić information content (AvgIpc) is 2.90. The molecule has 3 rings (SSSR count). The monoisotopic (exact) mass is 263 g/mol. The van der Waals surface area contributed by atoms with Gasteiger partial charge in [0.05, 0.1) is 18.2 Å². The van der Waals surface area contributed by atoms with Crippen molar-refractivity contribution in [2.24, 2.45) is 5.92 Å². The van der Waals surface area contributed by atoms with Crippen LogP contribution >= 0.6 is 0 Å². The van der Waals surface area contributed by atoms with Gasteiger partial charge in [-0.2, -0.15) is 0 Å². The van der Waals surface area contributed by atoms with Gasteiger partial charge in [0, 0.05) is 30.7 Å². The van der Waals surface area contributed by atoms with E-state index < -0.39 is 0 Å². The first kappa shape index (κ1) is 13.1. The van der Waals surface area contributed by atoms with Crippen LogP contribution in [0.3, 0.4) is 0 Å². The molecule has 2 atom stereocenters. The van der Waals surface area contributed by atoms with Crippen molar-refractivity contribution in [1.82, 2.24) is 14.9 Å². The second-order valence-electron chi connectivity index (χ2n) is 6.93. The van der Waals surface area contributed by atoms with E-state index in [4.69, 9.17) is 4.74 Å². The first-order chi connectivity index (χ1) is 9.04. The van der Waals surface area contributed by atoms with Crippen LogP contribution in [0.5, 0.6) is 0 Å². The lowest BCUT2D eigenvalue weighted by Crippen LogP contribution is -2.39. The molecule has 1 aliphatic heterocycles. The number of rotatable bonds is 4. The number of nitrogens with one attached hydrogen (secondary N) is 1. The Morgan fingerprint density at radius 3 is 2.84 bits per heavy atom. The van der Waals surface area contributed by atoms with E-state index >= 15 is 0 Å². The maximum absolute atomic E-state index is 5.99. The van der Waals surface area contributed by atoms with Gasteiger partial charge in [0.15, 0.2) is 0 Å². The van der Waals surface area contributed by atoms with Crippen LogP contribution < -0.4 is 5.32 Å². The highest BCUT2D eigenvalue weighted by atomic mass is 16.5. The molecule has 0 spiro atoms. The van der Waals surface area contributed by atoms with Gasteiger partial charge in [-0.25, -0.2) is 4.98 Å². The highest BCUT2D eigenvalue weighted by Gasteiger charge is 2.35. The first-order valence-corrected chi connectivity index (χ1v) is 7.43. The fraction of sp³-hybridized carbons (Fsp3) is 0.800. The summed E-state index contributed by atoms with van der Waals surface area (Å²) < 4.78 is 8.33. The van der Waals surface area contributed by atoms with Crippen molar-refractivity contribution in [3.63, 3.8) is 0 Å². The summed E-state index contributed by atoms with van der Waals surface area (Å²) >= 11 is 0. The number of nitrogens with zero attached hydrogens (tertiary/aromatic N) is 2. The first-order valence-electron chi connectivity index (χ1n) is 7.43. The molecule has 106 valence electrons. The van der Waals surface area contributed by atoms with Crippen molar-refractivity contribution in [2.75, 3.05) is 13.2 Å². The van der Waals surface area contributed by atoms with Crippen LogP contribution in [0.25, 0.3) is 0 Å². The summed E-state index contributed by atoms with van der Waals surface area (Å²) in [7, 11) is 0. The van der Waals surface area contributed by atoms with Gasteiger partial charge in [0.2, 0.25) is 0 Å². The largest absolute Gasteiger partial charge is 0.372 e. The topological polar surface area (TPSA) is 39.1 Å². The van der Waals surface area contributed by atoms with E-state index in [9.17, 15) is 0 Å². The maximum Gasteiger partial charge on any atom is 0.103 e. The van der Waals surface area contributed by atoms with Crippen LogP contribution in [-0.2, 0) is 4.74 Å². The number of hydrogen-bond donors (Lipinski definition) is 1. The Labute approximate surface area is 115 Å². The molecule has 0 amide bonds. The van der Waals surface area contributed by atoms with Crippen molar-refractivity contribution in [2.45, 2.75) is 57.7 Å². The minimum absolute atomic E-state index is 0.171. The lowest BCUT2D eigenvalue weighted by molar-refractivity contribution is 0.0824. The normalized spacial score (nSPS) is 27.9. The molecular weight excluding hydrogens is 238 g/mol. The van der Waals surface area contributed by atoms with Gasteiger partial charge in [-0.1, -0.05) is 0 Å². The van der Waals surface area contributed by atoms with E-state index in [1.54, 1.807) is 0 Å². The molecule has 1 saturated carbocycles. The summed E-state index contributed by atoms with van der Waals surface area (Å²) in [6.45, 7) is 8.53. The summed E-state index contributed by atoms with van der Waals surface area (Å²) in [5.74, 6) is 0.563. The molecule has 4 nitrogen and oxygen atoms in total. The Balaban J connectivity index is 1.70. The average molecular weight is 263 g/mol. The van der Waals surface area contributed by atoms with E-state index in [-0.39, 0.29) is 11.6 Å². The summed E-state index contributed by atoms with van der Waals surface area (Å²) in [5.41, 5.74) is 1.45. The van der Waals surface area contributed by atoms with Gasteiger partial charge < -0.3 is 14.6 Å². The molecule has 1 saturated heterocycles. The van der Waals surface area contributed by atoms with E-state index in [0.717, 1.165) is 19.6 Å².